The minimum Gasteiger partial charge on any atom is -0.326 e. The van der Waals surface area contributed by atoms with Crippen molar-refractivity contribution in [3.63, 3.8) is 0 Å². The van der Waals surface area contributed by atoms with Crippen LogP contribution in [0.25, 0.3) is 0 Å². The van der Waals surface area contributed by atoms with Crippen molar-refractivity contribution in [1.82, 2.24) is 4.90 Å². The molecule has 0 radical (unpaired) electrons. The van der Waals surface area contributed by atoms with Crippen molar-refractivity contribution in [2.45, 2.75) is 57.2 Å². The summed E-state index contributed by atoms with van der Waals surface area (Å²) in [5.74, 6) is 2.08. The number of rotatable bonds is 1. The third-order valence-corrected chi connectivity index (χ3v) is 4.78. The Morgan fingerprint density at radius 2 is 2.00 bits per heavy atom. The van der Waals surface area contributed by atoms with E-state index in [1.54, 1.807) is 0 Å². The molecular formula is C12H22N2. The lowest BCUT2D eigenvalue weighted by molar-refractivity contribution is 0.136. The number of hydrogen-bond donors (Lipinski definition) is 1. The van der Waals surface area contributed by atoms with Crippen molar-refractivity contribution in [2.75, 3.05) is 6.54 Å². The maximum Gasteiger partial charge on any atom is 0.0182 e. The monoisotopic (exact) mass is 194 g/mol. The molecule has 5 atom stereocenters. The standard InChI is InChI=1S/C12H22N2/c1-8-4-11(13)7-14(8)12-6-9-2-3-10(12)5-9/h8-12H,2-7,13H2,1H3. The highest BCUT2D eigenvalue weighted by Crippen LogP contribution is 2.47. The molecule has 1 aliphatic heterocycles. The third-order valence-electron chi connectivity index (χ3n) is 4.78. The molecule has 2 N–H and O–H groups in total. The molecule has 2 nitrogen and oxygen atoms in total. The zero-order chi connectivity index (χ0) is 9.71. The van der Waals surface area contributed by atoms with Gasteiger partial charge in [0.1, 0.15) is 0 Å². The van der Waals surface area contributed by atoms with Crippen molar-refractivity contribution in [1.29, 1.82) is 0 Å². The zero-order valence-corrected chi connectivity index (χ0v) is 9.15. The van der Waals surface area contributed by atoms with E-state index in [-0.39, 0.29) is 0 Å². The number of nitrogens with zero attached hydrogens (tertiary/aromatic N) is 1. The van der Waals surface area contributed by atoms with Gasteiger partial charge in [-0.2, -0.15) is 0 Å². The highest BCUT2D eigenvalue weighted by atomic mass is 15.2. The smallest absolute Gasteiger partial charge is 0.0182 e. The number of nitrogens with two attached hydrogens (primary N) is 1. The molecule has 2 heteroatoms. The van der Waals surface area contributed by atoms with Crippen molar-refractivity contribution in [3.05, 3.63) is 0 Å². The predicted molar refractivity (Wildman–Crippen MR) is 58.0 cm³/mol. The van der Waals surface area contributed by atoms with E-state index in [1.807, 2.05) is 0 Å². The van der Waals surface area contributed by atoms with Gasteiger partial charge in [-0.15, -0.1) is 0 Å². The fraction of sp³-hybridized carbons (Fsp3) is 1.00. The maximum absolute atomic E-state index is 6.04. The minimum absolute atomic E-state index is 0.448. The molecule has 1 saturated heterocycles. The van der Waals surface area contributed by atoms with Crippen LogP contribution in [0.15, 0.2) is 0 Å². The number of likely N-dealkylation sites (tertiary alicyclic amines) is 1. The predicted octanol–water partition coefficient (Wildman–Crippen LogP) is 1.60. The van der Waals surface area contributed by atoms with E-state index in [0.717, 1.165) is 30.5 Å². The maximum atomic E-state index is 6.04. The number of fused-ring (bicyclic) bond motifs is 2. The molecule has 2 aliphatic carbocycles. The van der Waals surface area contributed by atoms with Gasteiger partial charge < -0.3 is 5.73 Å². The van der Waals surface area contributed by atoms with Crippen LogP contribution in [-0.4, -0.2) is 29.6 Å². The van der Waals surface area contributed by atoms with E-state index in [0.29, 0.717) is 6.04 Å². The molecule has 2 saturated carbocycles. The second kappa shape index (κ2) is 3.21. The van der Waals surface area contributed by atoms with E-state index < -0.39 is 0 Å². The van der Waals surface area contributed by atoms with Gasteiger partial charge in [0, 0.05) is 24.7 Å². The van der Waals surface area contributed by atoms with Crippen LogP contribution in [0.3, 0.4) is 0 Å². The summed E-state index contributed by atoms with van der Waals surface area (Å²) in [5.41, 5.74) is 6.04. The summed E-state index contributed by atoms with van der Waals surface area (Å²) in [4.78, 5) is 2.72. The highest BCUT2D eigenvalue weighted by molar-refractivity contribution is 4.99. The Labute approximate surface area is 86.8 Å². The van der Waals surface area contributed by atoms with Gasteiger partial charge in [-0.05, 0) is 44.4 Å². The summed E-state index contributed by atoms with van der Waals surface area (Å²) in [7, 11) is 0. The van der Waals surface area contributed by atoms with Gasteiger partial charge in [-0.25, -0.2) is 0 Å². The molecule has 3 rings (SSSR count). The Kier molecular flexibility index (Phi) is 2.10. The summed E-state index contributed by atoms with van der Waals surface area (Å²) in [6.07, 6.45) is 7.21. The molecule has 0 amide bonds. The van der Waals surface area contributed by atoms with Crippen LogP contribution in [0.4, 0.5) is 0 Å². The van der Waals surface area contributed by atoms with E-state index in [4.69, 9.17) is 5.73 Å². The van der Waals surface area contributed by atoms with Crippen molar-refractivity contribution in [3.8, 4) is 0 Å². The first-order valence-corrected chi connectivity index (χ1v) is 6.25. The Bertz CT molecular complexity index is 226. The van der Waals surface area contributed by atoms with Gasteiger partial charge in [0.15, 0.2) is 0 Å². The quantitative estimate of drug-likeness (QED) is 0.687. The van der Waals surface area contributed by atoms with Crippen molar-refractivity contribution >= 4 is 0 Å². The van der Waals surface area contributed by atoms with Crippen LogP contribution < -0.4 is 5.73 Å². The molecule has 0 spiro atoms. The third kappa shape index (κ3) is 1.31. The van der Waals surface area contributed by atoms with Gasteiger partial charge in [-0.1, -0.05) is 6.42 Å². The molecule has 2 bridgehead atoms. The Morgan fingerprint density at radius 1 is 1.14 bits per heavy atom. The lowest BCUT2D eigenvalue weighted by atomic mass is 9.93. The topological polar surface area (TPSA) is 29.3 Å². The van der Waals surface area contributed by atoms with Gasteiger partial charge in [0.2, 0.25) is 0 Å². The Balaban J connectivity index is 1.71. The molecule has 1 heterocycles. The van der Waals surface area contributed by atoms with Crippen LogP contribution >= 0.6 is 0 Å². The Hall–Kier alpha value is -0.0800. The number of hydrogen-bond acceptors (Lipinski definition) is 2. The average Bonchev–Trinajstić information content (AvgIpc) is 2.79. The molecule has 0 aromatic heterocycles. The van der Waals surface area contributed by atoms with Crippen LogP contribution in [0.2, 0.25) is 0 Å². The van der Waals surface area contributed by atoms with Gasteiger partial charge in [-0.3, -0.25) is 4.90 Å². The second-order valence-corrected chi connectivity index (χ2v) is 5.78. The van der Waals surface area contributed by atoms with Crippen LogP contribution in [0.5, 0.6) is 0 Å². The highest BCUT2D eigenvalue weighted by Gasteiger charge is 2.45. The molecule has 0 aromatic rings. The van der Waals surface area contributed by atoms with E-state index in [9.17, 15) is 0 Å². The molecule has 3 fully saturated rings. The van der Waals surface area contributed by atoms with Crippen molar-refractivity contribution in [2.24, 2.45) is 17.6 Å². The lowest BCUT2D eigenvalue weighted by Gasteiger charge is -2.34. The SMILES string of the molecule is CC1CC(N)CN1C1CC2CCC1C2. The molecular weight excluding hydrogens is 172 g/mol. The summed E-state index contributed by atoms with van der Waals surface area (Å²) in [6.45, 7) is 3.52. The fourth-order valence-electron chi connectivity index (χ4n) is 4.18. The normalized spacial score (nSPS) is 53.1. The molecule has 80 valence electrons. The van der Waals surface area contributed by atoms with Crippen LogP contribution in [0, 0.1) is 11.8 Å². The average molecular weight is 194 g/mol. The summed E-state index contributed by atoms with van der Waals surface area (Å²) >= 11 is 0. The van der Waals surface area contributed by atoms with Crippen LogP contribution in [-0.2, 0) is 0 Å². The van der Waals surface area contributed by atoms with Gasteiger partial charge >= 0.3 is 0 Å². The molecule has 3 aliphatic rings. The van der Waals surface area contributed by atoms with Gasteiger partial charge in [0.25, 0.3) is 0 Å². The van der Waals surface area contributed by atoms with Crippen LogP contribution in [0.1, 0.15) is 39.0 Å². The fourth-order valence-corrected chi connectivity index (χ4v) is 4.18. The van der Waals surface area contributed by atoms with E-state index >= 15 is 0 Å². The molecule has 0 aromatic carbocycles. The first kappa shape index (κ1) is 9.17. The van der Waals surface area contributed by atoms with E-state index in [2.05, 4.69) is 11.8 Å². The molecule has 5 unspecified atom stereocenters. The molecule has 14 heavy (non-hydrogen) atoms. The summed E-state index contributed by atoms with van der Waals surface area (Å²) in [6, 6.07) is 2.09. The first-order chi connectivity index (χ1) is 6.74. The largest absolute Gasteiger partial charge is 0.326 e. The minimum atomic E-state index is 0.448. The van der Waals surface area contributed by atoms with E-state index in [1.165, 1.54) is 32.1 Å². The second-order valence-electron chi connectivity index (χ2n) is 5.78. The lowest BCUT2D eigenvalue weighted by Crippen LogP contribution is -2.42. The first-order valence-electron chi connectivity index (χ1n) is 6.25. The summed E-state index contributed by atoms with van der Waals surface area (Å²) in [5, 5.41) is 0. The Morgan fingerprint density at radius 3 is 2.50 bits per heavy atom. The zero-order valence-electron chi connectivity index (χ0n) is 9.15. The van der Waals surface area contributed by atoms with Crippen molar-refractivity contribution < 1.29 is 0 Å². The van der Waals surface area contributed by atoms with Gasteiger partial charge in [0.05, 0.1) is 0 Å². The summed E-state index contributed by atoms with van der Waals surface area (Å²) < 4.78 is 0.